The second-order valence-corrected chi connectivity index (χ2v) is 21.7. The highest BCUT2D eigenvalue weighted by Gasteiger charge is 2.25. The summed E-state index contributed by atoms with van der Waals surface area (Å²) in [5.41, 5.74) is 0.421. The maximum absolute atomic E-state index is 12.8. The van der Waals surface area contributed by atoms with Gasteiger partial charge in [0.1, 0.15) is 0 Å². The SMILES string of the molecule is C#CCn1c(=O)n(C)c(=O)c2c1nc(S(C)(=O)=O)n2C.Cn1c(=O)c2c(nc(S(C)(=O)=O)n2C)n(CC#Cc2cccc(NCCN3CCOCC3)c2)c1=O.Ic1cccc(NCCN2CCOCC2)c1. The van der Waals surface area contributed by atoms with Gasteiger partial charge in [0.2, 0.25) is 30.0 Å². The molecule has 0 spiro atoms. The molecule has 0 aliphatic carbocycles. The molecule has 22 nitrogen and oxygen atoms in total. The molecule has 2 aromatic carbocycles. The highest BCUT2D eigenvalue weighted by Crippen LogP contribution is 2.16. The van der Waals surface area contributed by atoms with E-state index in [0.717, 1.165) is 121 Å². The molecule has 0 radical (unpaired) electrons. The van der Waals surface area contributed by atoms with Crippen LogP contribution in [0.25, 0.3) is 22.3 Å². The number of sulfone groups is 2. The third kappa shape index (κ3) is 13.5. The number of benzene rings is 2. The summed E-state index contributed by atoms with van der Waals surface area (Å²) < 4.78 is 65.9. The maximum atomic E-state index is 12.8. The van der Waals surface area contributed by atoms with Crippen LogP contribution in [-0.4, -0.2) is 155 Å². The summed E-state index contributed by atoms with van der Waals surface area (Å²) in [6.07, 6.45) is 7.17. The van der Waals surface area contributed by atoms with Gasteiger partial charge in [-0.1, -0.05) is 29.9 Å². The van der Waals surface area contributed by atoms with Crippen LogP contribution in [0.1, 0.15) is 5.56 Å². The van der Waals surface area contributed by atoms with Crippen molar-refractivity contribution in [2.45, 2.75) is 23.4 Å². The number of imidazole rings is 2. The van der Waals surface area contributed by atoms with E-state index in [1.807, 2.05) is 24.3 Å². The van der Waals surface area contributed by atoms with Crippen LogP contribution >= 0.6 is 22.6 Å². The molecule has 6 heterocycles. The lowest BCUT2D eigenvalue weighted by Crippen LogP contribution is -2.39. The molecule has 2 saturated heterocycles. The van der Waals surface area contributed by atoms with E-state index in [9.17, 15) is 36.0 Å². The van der Waals surface area contributed by atoms with E-state index in [0.29, 0.717) is 0 Å². The van der Waals surface area contributed by atoms with E-state index < -0.39 is 42.2 Å². The molecule has 0 saturated carbocycles. The molecule has 2 N–H and O–H groups in total. The Labute approximate surface area is 424 Å². The van der Waals surface area contributed by atoms with Gasteiger partial charge in [0.05, 0.1) is 39.5 Å². The monoisotopic (exact) mass is 1130 g/mol. The molecule has 0 atom stereocenters. The Morgan fingerprint density at radius 1 is 0.648 bits per heavy atom. The largest absolute Gasteiger partial charge is 0.384 e. The van der Waals surface area contributed by atoms with Gasteiger partial charge in [0.25, 0.3) is 11.1 Å². The fourth-order valence-corrected chi connectivity index (χ4v) is 9.97. The van der Waals surface area contributed by atoms with E-state index >= 15 is 0 Å². The Hall–Kier alpha value is -6.07. The molecule has 25 heteroatoms. The van der Waals surface area contributed by atoms with Crippen molar-refractivity contribution in [3.8, 4) is 24.2 Å². The number of hydrogen-bond donors (Lipinski definition) is 2. The van der Waals surface area contributed by atoms with Crippen molar-refractivity contribution < 1.29 is 26.3 Å². The molecule has 380 valence electrons. The lowest BCUT2D eigenvalue weighted by atomic mass is 10.2. The average molecular weight is 1130 g/mol. The van der Waals surface area contributed by atoms with Crippen LogP contribution in [0, 0.1) is 27.8 Å². The highest BCUT2D eigenvalue weighted by molar-refractivity contribution is 14.1. The first kappa shape index (κ1) is 54.3. The molecular formula is C46H57IN12O10S2. The Morgan fingerprint density at radius 3 is 1.52 bits per heavy atom. The number of nitrogens with one attached hydrogen (secondary N) is 2. The van der Waals surface area contributed by atoms with Crippen molar-refractivity contribution in [2.75, 3.05) is 102 Å². The fraction of sp³-hybridized carbons (Fsp3) is 0.435. The zero-order chi connectivity index (χ0) is 51.6. The van der Waals surface area contributed by atoms with Gasteiger partial charge >= 0.3 is 11.4 Å². The molecule has 4 aromatic heterocycles. The number of fused-ring (bicyclic) bond motifs is 2. The first-order valence-corrected chi connectivity index (χ1v) is 27.2. The van der Waals surface area contributed by atoms with Gasteiger partial charge in [0.15, 0.2) is 22.3 Å². The first-order valence-electron chi connectivity index (χ1n) is 22.3. The van der Waals surface area contributed by atoms with Crippen LogP contribution in [0.4, 0.5) is 11.4 Å². The van der Waals surface area contributed by atoms with Gasteiger partial charge < -0.3 is 29.2 Å². The maximum Gasteiger partial charge on any atom is 0.333 e. The summed E-state index contributed by atoms with van der Waals surface area (Å²) >= 11 is 2.33. The van der Waals surface area contributed by atoms with Crippen molar-refractivity contribution in [3.63, 3.8) is 0 Å². The zero-order valence-electron chi connectivity index (χ0n) is 40.3. The smallest absolute Gasteiger partial charge is 0.333 e. The summed E-state index contributed by atoms with van der Waals surface area (Å²) in [6, 6.07) is 16.1. The van der Waals surface area contributed by atoms with Crippen LogP contribution in [0.5, 0.6) is 0 Å². The lowest BCUT2D eigenvalue weighted by Gasteiger charge is -2.26. The average Bonchev–Trinajstić information content (AvgIpc) is 3.88. The standard InChI is InChI=1S/C23H28N6O5S.C12H17IN2O.C11H12N4O4S/c1-26-19-20(25-22(26)35(3,32)33)29(23(31)27(2)21(19)30)10-5-7-17-6-4-8-18(16-17)24-9-11-28-12-14-34-15-13-28;13-11-2-1-3-12(10-11)14-4-5-15-6-8-16-9-7-15;1-5-6-15-8-7(9(16)14(3)11(15)17)13(2)10(12-8)20(4,18)19/h4,6,8,16,24H,9-15H2,1-3H3;1-3,10,14H,4-9H2;1H,6H2,2-4H3. The Kier molecular flexibility index (Phi) is 18.3. The van der Waals surface area contributed by atoms with Crippen LogP contribution in [0.2, 0.25) is 0 Å². The van der Waals surface area contributed by atoms with E-state index in [-0.39, 0.29) is 45.7 Å². The minimum absolute atomic E-state index is 0.00569. The molecule has 2 fully saturated rings. The molecule has 2 aliphatic rings. The molecule has 6 aromatic rings. The minimum Gasteiger partial charge on any atom is -0.384 e. The minimum atomic E-state index is -3.70. The lowest BCUT2D eigenvalue weighted by molar-refractivity contribution is 0.0398. The number of nitrogens with zero attached hydrogens (tertiary/aromatic N) is 10. The Balaban J connectivity index is 0.000000193. The number of aromatic nitrogens is 8. The number of rotatable bonds is 12. The summed E-state index contributed by atoms with van der Waals surface area (Å²) in [6.45, 7) is 10.9. The summed E-state index contributed by atoms with van der Waals surface area (Å²) in [5, 5.41) is 6.27. The van der Waals surface area contributed by atoms with Crippen LogP contribution < -0.4 is 33.1 Å². The number of morpholine rings is 2. The third-order valence-corrected chi connectivity index (χ3v) is 14.2. The van der Waals surface area contributed by atoms with E-state index in [1.165, 1.54) is 46.6 Å². The van der Waals surface area contributed by atoms with Crippen LogP contribution in [0.3, 0.4) is 0 Å². The number of ether oxygens (including phenoxy) is 2. The van der Waals surface area contributed by atoms with Crippen molar-refractivity contribution in [2.24, 2.45) is 28.2 Å². The normalized spacial score (nSPS) is 14.4. The van der Waals surface area contributed by atoms with E-state index in [2.05, 4.69) is 95.0 Å². The molecule has 0 amide bonds. The van der Waals surface area contributed by atoms with Gasteiger partial charge in [0, 0.05) is 114 Å². The fourth-order valence-electron chi connectivity index (χ4n) is 7.75. The zero-order valence-corrected chi connectivity index (χ0v) is 44.1. The van der Waals surface area contributed by atoms with E-state index in [1.54, 1.807) is 0 Å². The summed E-state index contributed by atoms with van der Waals surface area (Å²) in [5.74, 6) is 8.26. The van der Waals surface area contributed by atoms with Crippen molar-refractivity contribution >= 4 is 76.0 Å². The van der Waals surface area contributed by atoms with E-state index in [4.69, 9.17) is 15.9 Å². The predicted molar refractivity (Wildman–Crippen MR) is 279 cm³/mol. The first-order chi connectivity index (χ1) is 33.7. The molecule has 2 aliphatic heterocycles. The number of anilines is 2. The third-order valence-electron chi connectivity index (χ3n) is 11.4. The quantitative estimate of drug-likeness (QED) is 0.122. The van der Waals surface area contributed by atoms with Gasteiger partial charge in [-0.25, -0.2) is 26.4 Å². The molecule has 0 bridgehead atoms. The number of aryl methyl sites for hydroxylation is 2. The second-order valence-electron chi connectivity index (χ2n) is 16.6. The van der Waals surface area contributed by atoms with Gasteiger partial charge in [-0.2, -0.15) is 9.97 Å². The van der Waals surface area contributed by atoms with Crippen molar-refractivity contribution in [1.29, 1.82) is 0 Å². The van der Waals surface area contributed by atoms with Crippen LogP contribution in [-0.2, 0) is 70.4 Å². The highest BCUT2D eigenvalue weighted by atomic mass is 127. The number of halogens is 1. The molecule has 71 heavy (non-hydrogen) atoms. The number of terminal acetylenes is 1. The molecule has 0 unspecified atom stereocenters. The predicted octanol–water partition coefficient (Wildman–Crippen LogP) is 0.139. The molecular weight excluding hydrogens is 1070 g/mol. The number of hydrogen-bond acceptors (Lipinski definition) is 16. The van der Waals surface area contributed by atoms with Crippen molar-refractivity contribution in [1.82, 2.24) is 47.2 Å². The second kappa shape index (κ2) is 23.9. The molecule has 8 rings (SSSR count). The summed E-state index contributed by atoms with van der Waals surface area (Å²) in [7, 11) is -1.86. The van der Waals surface area contributed by atoms with Crippen LogP contribution in [0.15, 0.2) is 78.0 Å². The van der Waals surface area contributed by atoms with Crippen molar-refractivity contribution in [3.05, 3.63) is 99.3 Å². The topological polar surface area (TPSA) is 241 Å². The summed E-state index contributed by atoms with van der Waals surface area (Å²) in [4.78, 5) is 62.3. The Bertz CT molecular complexity index is 3490. The van der Waals surface area contributed by atoms with Gasteiger partial charge in [-0.15, -0.1) is 6.42 Å². The van der Waals surface area contributed by atoms with Gasteiger partial charge in [-0.05, 0) is 59.0 Å². The van der Waals surface area contributed by atoms with Gasteiger partial charge in [-0.3, -0.25) is 37.7 Å². The Morgan fingerprint density at radius 2 is 1.08 bits per heavy atom.